The summed E-state index contributed by atoms with van der Waals surface area (Å²) in [6.07, 6.45) is 11.0. The van der Waals surface area contributed by atoms with E-state index in [0.29, 0.717) is 17.6 Å². The number of hydrogen-bond acceptors (Lipinski definition) is 2. The number of rotatable bonds is 7. The zero-order valence-corrected chi connectivity index (χ0v) is 13.7. The lowest BCUT2D eigenvalue weighted by Gasteiger charge is -2.37. The van der Waals surface area contributed by atoms with E-state index in [2.05, 4.69) is 46.5 Å². The van der Waals surface area contributed by atoms with E-state index in [1.165, 1.54) is 0 Å². The molecular formula is C16H24BrNO. The average molecular weight is 326 g/mol. The Hall–Kier alpha value is -0.830. The summed E-state index contributed by atoms with van der Waals surface area (Å²) in [5.74, 6) is 1.23. The number of allylic oxidation sites excluding steroid dienone is 3. The molecule has 106 valence electrons. The Labute approximate surface area is 125 Å². The Bertz CT molecular complexity index is 378. The largest absolute Gasteiger partial charge is 0.367 e. The Morgan fingerprint density at radius 2 is 2.21 bits per heavy atom. The van der Waals surface area contributed by atoms with Gasteiger partial charge in [-0.1, -0.05) is 47.2 Å². The van der Waals surface area contributed by atoms with Crippen LogP contribution in [0.5, 0.6) is 0 Å². The molecule has 0 saturated heterocycles. The smallest absolute Gasteiger partial charge is 0.133 e. The molecule has 0 radical (unpaired) electrons. The zero-order valence-electron chi connectivity index (χ0n) is 12.1. The van der Waals surface area contributed by atoms with Crippen molar-refractivity contribution in [2.24, 2.45) is 11.8 Å². The summed E-state index contributed by atoms with van der Waals surface area (Å²) < 4.78 is 0. The first-order valence-electron chi connectivity index (χ1n) is 6.83. The topological polar surface area (TPSA) is 20.3 Å². The number of ketones is 1. The lowest BCUT2D eigenvalue weighted by Crippen LogP contribution is -2.39. The molecule has 0 aromatic rings. The van der Waals surface area contributed by atoms with Gasteiger partial charge in [0.1, 0.15) is 5.78 Å². The highest BCUT2D eigenvalue weighted by Crippen LogP contribution is 2.37. The number of carbonyl (C=O) groups is 1. The van der Waals surface area contributed by atoms with Crippen molar-refractivity contribution in [3.63, 3.8) is 0 Å². The standard InChI is InChI=1S/C16H24BrNO/c1-5-6-7-15(13-10-14(19)11-13)16(17)18(4)9-8-12(2)3/h6-9,13,15-16H,2,5,10-11H2,1,3-4H3/b7-6-,9-8-. The van der Waals surface area contributed by atoms with Crippen LogP contribution in [0.1, 0.15) is 33.1 Å². The summed E-state index contributed by atoms with van der Waals surface area (Å²) >= 11 is 3.77. The first kappa shape index (κ1) is 16.2. The predicted octanol–water partition coefficient (Wildman–Crippen LogP) is 4.29. The molecule has 2 unspecified atom stereocenters. The molecule has 3 heteroatoms. The summed E-state index contributed by atoms with van der Waals surface area (Å²) in [6.45, 7) is 7.98. The second-order valence-corrected chi connectivity index (χ2v) is 6.26. The molecule has 0 aliphatic heterocycles. The van der Waals surface area contributed by atoms with E-state index >= 15 is 0 Å². The van der Waals surface area contributed by atoms with Gasteiger partial charge in [-0.25, -0.2) is 0 Å². The monoisotopic (exact) mass is 325 g/mol. The summed E-state index contributed by atoms with van der Waals surface area (Å²) in [7, 11) is 2.05. The van der Waals surface area contributed by atoms with Crippen molar-refractivity contribution in [3.05, 3.63) is 36.6 Å². The molecule has 0 aromatic carbocycles. The first-order valence-corrected chi connectivity index (χ1v) is 7.75. The van der Waals surface area contributed by atoms with E-state index in [0.717, 1.165) is 24.8 Å². The van der Waals surface area contributed by atoms with E-state index in [9.17, 15) is 4.79 Å². The molecule has 0 amide bonds. The van der Waals surface area contributed by atoms with Crippen molar-refractivity contribution in [2.45, 2.75) is 38.1 Å². The van der Waals surface area contributed by atoms with Gasteiger partial charge in [0.15, 0.2) is 0 Å². The van der Waals surface area contributed by atoms with Gasteiger partial charge >= 0.3 is 0 Å². The van der Waals surface area contributed by atoms with Gasteiger partial charge in [-0.2, -0.15) is 0 Å². The zero-order chi connectivity index (χ0) is 14.4. The Morgan fingerprint density at radius 3 is 2.68 bits per heavy atom. The molecule has 1 aliphatic carbocycles. The first-order chi connectivity index (χ1) is 8.95. The average Bonchev–Trinajstić information content (AvgIpc) is 2.33. The molecule has 19 heavy (non-hydrogen) atoms. The maximum atomic E-state index is 11.2. The molecule has 0 aromatic heterocycles. The number of halogens is 1. The molecule has 2 atom stereocenters. The highest BCUT2D eigenvalue weighted by Gasteiger charge is 2.36. The van der Waals surface area contributed by atoms with Crippen LogP contribution in [0.25, 0.3) is 0 Å². The van der Waals surface area contributed by atoms with Crippen LogP contribution in [0.2, 0.25) is 0 Å². The highest BCUT2D eigenvalue weighted by molar-refractivity contribution is 9.09. The van der Waals surface area contributed by atoms with E-state index in [4.69, 9.17) is 0 Å². The summed E-state index contributed by atoms with van der Waals surface area (Å²) in [5, 5.41) is 0. The molecule has 2 nitrogen and oxygen atoms in total. The fraction of sp³-hybridized carbons (Fsp3) is 0.562. The van der Waals surface area contributed by atoms with Crippen LogP contribution >= 0.6 is 15.9 Å². The third-order valence-electron chi connectivity index (χ3n) is 3.42. The van der Waals surface area contributed by atoms with Crippen LogP contribution in [0.3, 0.4) is 0 Å². The minimum atomic E-state index is 0.212. The van der Waals surface area contributed by atoms with Gasteiger partial charge in [0.2, 0.25) is 0 Å². The van der Waals surface area contributed by atoms with E-state index in [1.54, 1.807) is 0 Å². The van der Waals surface area contributed by atoms with Crippen molar-refractivity contribution >= 4 is 21.7 Å². The number of hydrogen-bond donors (Lipinski definition) is 0. The number of alkyl halides is 1. The van der Waals surface area contributed by atoms with E-state index in [-0.39, 0.29) is 4.95 Å². The highest BCUT2D eigenvalue weighted by atomic mass is 79.9. The molecule has 1 saturated carbocycles. The fourth-order valence-corrected chi connectivity index (χ4v) is 2.91. The van der Waals surface area contributed by atoms with Crippen LogP contribution in [0.15, 0.2) is 36.6 Å². The molecule has 0 heterocycles. The van der Waals surface area contributed by atoms with E-state index < -0.39 is 0 Å². The SMILES string of the molecule is C=C(C)/C=C\N(C)C(Br)C(/C=C\CC)C1CC(=O)C1. The quantitative estimate of drug-likeness (QED) is 0.301. The number of Topliss-reactive ketones (excluding diaryl/α,β-unsaturated/α-hetero) is 1. The molecule has 0 spiro atoms. The van der Waals surface area contributed by atoms with Crippen LogP contribution in [-0.2, 0) is 4.79 Å². The van der Waals surface area contributed by atoms with Gasteiger partial charge < -0.3 is 4.90 Å². The normalized spacial score (nSPS) is 19.7. The number of carbonyl (C=O) groups excluding carboxylic acids is 1. The summed E-state index contributed by atoms with van der Waals surface area (Å²) in [6, 6.07) is 0. The van der Waals surface area contributed by atoms with Crippen molar-refractivity contribution in [3.8, 4) is 0 Å². The van der Waals surface area contributed by atoms with Gasteiger partial charge in [-0.15, -0.1) is 0 Å². The van der Waals surface area contributed by atoms with Crippen molar-refractivity contribution in [1.29, 1.82) is 0 Å². The minimum absolute atomic E-state index is 0.212. The van der Waals surface area contributed by atoms with Gasteiger partial charge in [-0.3, -0.25) is 4.79 Å². The molecule has 1 rings (SSSR count). The van der Waals surface area contributed by atoms with Crippen LogP contribution in [0, 0.1) is 11.8 Å². The van der Waals surface area contributed by atoms with Gasteiger partial charge in [-0.05, 0) is 25.3 Å². The molecule has 1 fully saturated rings. The Balaban J connectivity index is 2.70. The lowest BCUT2D eigenvalue weighted by molar-refractivity contribution is -0.128. The second-order valence-electron chi connectivity index (χ2n) is 5.32. The van der Waals surface area contributed by atoms with Crippen LogP contribution in [0.4, 0.5) is 0 Å². The van der Waals surface area contributed by atoms with Gasteiger partial charge in [0, 0.05) is 32.0 Å². The van der Waals surface area contributed by atoms with Gasteiger partial charge in [0.05, 0.1) is 4.95 Å². The number of nitrogens with zero attached hydrogens (tertiary/aromatic N) is 1. The summed E-state index contributed by atoms with van der Waals surface area (Å²) in [4.78, 5) is 13.6. The third-order valence-corrected chi connectivity index (χ3v) is 4.68. The maximum Gasteiger partial charge on any atom is 0.133 e. The molecule has 0 N–H and O–H groups in total. The third kappa shape index (κ3) is 4.98. The van der Waals surface area contributed by atoms with Crippen molar-refractivity contribution < 1.29 is 4.79 Å². The maximum absolute atomic E-state index is 11.2. The predicted molar refractivity (Wildman–Crippen MR) is 85.1 cm³/mol. The molecule has 0 bridgehead atoms. The Kier molecular flexibility index (Phi) is 6.56. The fourth-order valence-electron chi connectivity index (χ4n) is 2.16. The molecule has 1 aliphatic rings. The van der Waals surface area contributed by atoms with Crippen molar-refractivity contribution in [1.82, 2.24) is 4.90 Å². The van der Waals surface area contributed by atoms with Gasteiger partial charge in [0.25, 0.3) is 0 Å². The molecular weight excluding hydrogens is 302 g/mol. The van der Waals surface area contributed by atoms with Crippen LogP contribution < -0.4 is 0 Å². The van der Waals surface area contributed by atoms with E-state index in [1.807, 2.05) is 26.2 Å². The minimum Gasteiger partial charge on any atom is -0.367 e. The second kappa shape index (κ2) is 7.68. The van der Waals surface area contributed by atoms with Crippen molar-refractivity contribution in [2.75, 3.05) is 7.05 Å². The lowest BCUT2D eigenvalue weighted by atomic mass is 9.74. The Morgan fingerprint density at radius 1 is 1.58 bits per heavy atom. The summed E-state index contributed by atoms with van der Waals surface area (Å²) in [5.41, 5.74) is 1.03. The van der Waals surface area contributed by atoms with Crippen LogP contribution in [-0.4, -0.2) is 22.7 Å².